The van der Waals surface area contributed by atoms with E-state index in [2.05, 4.69) is 73.7 Å². The van der Waals surface area contributed by atoms with Crippen LogP contribution in [0.4, 0.5) is 0 Å². The Kier molecular flexibility index (Phi) is 4.50. The summed E-state index contributed by atoms with van der Waals surface area (Å²) in [5, 5.41) is 5.66. The Morgan fingerprint density at radius 2 is 2.20 bits per heavy atom. The summed E-state index contributed by atoms with van der Waals surface area (Å²) in [5.41, 5.74) is 1.25. The number of benzene rings is 1. The Balaban J connectivity index is 1.97. The molecule has 2 heterocycles. The number of hydrogen-bond acceptors (Lipinski definition) is 3. The SMILES string of the molecule is CCNC1CC(c2sccc2Br)Oc2cc(Br)ccc21. The highest BCUT2D eigenvalue weighted by atomic mass is 79.9. The van der Waals surface area contributed by atoms with Gasteiger partial charge in [-0.2, -0.15) is 0 Å². The van der Waals surface area contributed by atoms with Gasteiger partial charge in [0.15, 0.2) is 0 Å². The molecule has 1 N–H and O–H groups in total. The molecule has 1 aliphatic heterocycles. The van der Waals surface area contributed by atoms with Crippen molar-refractivity contribution in [3.8, 4) is 5.75 Å². The van der Waals surface area contributed by atoms with Gasteiger partial charge in [-0.05, 0) is 46.1 Å². The molecule has 0 spiro atoms. The van der Waals surface area contributed by atoms with Gasteiger partial charge in [-0.25, -0.2) is 0 Å². The number of thiophene rings is 1. The first-order valence-electron chi connectivity index (χ1n) is 6.61. The minimum atomic E-state index is 0.107. The molecule has 106 valence electrons. The molecular weight excluding hydrogens is 402 g/mol. The normalized spacial score (nSPS) is 21.4. The zero-order chi connectivity index (χ0) is 14.1. The predicted octanol–water partition coefficient (Wildman–Crippen LogP) is 5.45. The van der Waals surface area contributed by atoms with Crippen LogP contribution in [0.2, 0.25) is 0 Å². The summed E-state index contributed by atoms with van der Waals surface area (Å²) < 4.78 is 8.42. The Hall–Kier alpha value is -0.360. The van der Waals surface area contributed by atoms with Crippen molar-refractivity contribution in [3.63, 3.8) is 0 Å². The second-order valence-electron chi connectivity index (χ2n) is 4.77. The summed E-state index contributed by atoms with van der Waals surface area (Å²) in [7, 11) is 0. The van der Waals surface area contributed by atoms with E-state index in [0.29, 0.717) is 6.04 Å². The van der Waals surface area contributed by atoms with E-state index in [1.165, 1.54) is 10.4 Å². The fraction of sp³-hybridized carbons (Fsp3) is 0.333. The maximum absolute atomic E-state index is 6.22. The number of hydrogen-bond donors (Lipinski definition) is 1. The predicted molar refractivity (Wildman–Crippen MR) is 90.6 cm³/mol. The average molecular weight is 417 g/mol. The van der Waals surface area contributed by atoms with Crippen LogP contribution in [0.3, 0.4) is 0 Å². The highest BCUT2D eigenvalue weighted by Gasteiger charge is 2.30. The second kappa shape index (κ2) is 6.18. The van der Waals surface area contributed by atoms with Gasteiger partial charge in [0.2, 0.25) is 0 Å². The van der Waals surface area contributed by atoms with Crippen LogP contribution < -0.4 is 10.1 Å². The fourth-order valence-corrected chi connectivity index (χ4v) is 4.59. The van der Waals surface area contributed by atoms with Crippen LogP contribution in [0.1, 0.15) is 35.9 Å². The first-order chi connectivity index (χ1) is 9.69. The van der Waals surface area contributed by atoms with Crippen molar-refractivity contribution >= 4 is 43.2 Å². The molecule has 0 fully saturated rings. The van der Waals surface area contributed by atoms with E-state index in [9.17, 15) is 0 Å². The van der Waals surface area contributed by atoms with E-state index in [0.717, 1.165) is 27.7 Å². The number of rotatable bonds is 3. The summed E-state index contributed by atoms with van der Waals surface area (Å²) in [6.07, 6.45) is 1.07. The van der Waals surface area contributed by atoms with Crippen molar-refractivity contribution in [1.29, 1.82) is 0 Å². The minimum absolute atomic E-state index is 0.107. The summed E-state index contributed by atoms with van der Waals surface area (Å²) in [6.45, 7) is 3.10. The van der Waals surface area contributed by atoms with Crippen molar-refractivity contribution in [2.45, 2.75) is 25.5 Å². The van der Waals surface area contributed by atoms with Gasteiger partial charge < -0.3 is 10.1 Å². The number of halogens is 2. The molecule has 2 nitrogen and oxygen atoms in total. The maximum atomic E-state index is 6.22. The van der Waals surface area contributed by atoms with Gasteiger partial charge in [0.1, 0.15) is 11.9 Å². The molecule has 0 amide bonds. The molecular formula is C15H15Br2NOS. The van der Waals surface area contributed by atoms with Gasteiger partial charge in [-0.1, -0.05) is 28.9 Å². The smallest absolute Gasteiger partial charge is 0.136 e. The van der Waals surface area contributed by atoms with Crippen LogP contribution in [-0.2, 0) is 0 Å². The van der Waals surface area contributed by atoms with Crippen LogP contribution in [0.5, 0.6) is 5.75 Å². The van der Waals surface area contributed by atoms with Crippen molar-refractivity contribution in [1.82, 2.24) is 5.32 Å². The molecule has 1 aromatic carbocycles. The Labute approximate surface area is 139 Å². The molecule has 0 bridgehead atoms. The van der Waals surface area contributed by atoms with Gasteiger partial charge in [0, 0.05) is 27.0 Å². The van der Waals surface area contributed by atoms with Crippen molar-refractivity contribution in [2.75, 3.05) is 6.54 Å². The molecule has 0 saturated carbocycles. The molecule has 2 aromatic rings. The topological polar surface area (TPSA) is 21.3 Å². The lowest BCUT2D eigenvalue weighted by Crippen LogP contribution is -2.28. The molecule has 0 radical (unpaired) electrons. The summed E-state index contributed by atoms with van der Waals surface area (Å²) in [6, 6.07) is 8.71. The van der Waals surface area contributed by atoms with Crippen LogP contribution in [0, 0.1) is 0 Å². The lowest BCUT2D eigenvalue weighted by Gasteiger charge is -2.32. The van der Waals surface area contributed by atoms with Crippen molar-refractivity contribution in [3.05, 3.63) is 49.0 Å². The zero-order valence-corrected chi connectivity index (χ0v) is 15.0. The second-order valence-corrected chi connectivity index (χ2v) is 7.49. The van der Waals surface area contributed by atoms with Crippen LogP contribution >= 0.6 is 43.2 Å². The molecule has 0 saturated heterocycles. The average Bonchev–Trinajstić information content (AvgIpc) is 2.84. The summed E-state index contributed by atoms with van der Waals surface area (Å²) in [5.74, 6) is 0.974. The number of nitrogens with one attached hydrogen (secondary N) is 1. The van der Waals surface area contributed by atoms with Crippen LogP contribution in [0.15, 0.2) is 38.6 Å². The molecule has 5 heteroatoms. The number of ether oxygens (including phenoxy) is 1. The molecule has 20 heavy (non-hydrogen) atoms. The lowest BCUT2D eigenvalue weighted by atomic mass is 9.96. The van der Waals surface area contributed by atoms with Gasteiger partial charge in [0.05, 0.1) is 4.88 Å². The molecule has 1 aliphatic rings. The lowest BCUT2D eigenvalue weighted by molar-refractivity contribution is 0.154. The third-order valence-corrected chi connectivity index (χ3v) is 5.91. The standard InChI is InChI=1S/C15H15Br2NOS/c1-2-18-12-8-14(15-11(17)5-6-20-15)19-13-7-9(16)3-4-10(12)13/h3-7,12,14,18H,2,8H2,1H3. The Morgan fingerprint density at radius 1 is 1.35 bits per heavy atom. The van der Waals surface area contributed by atoms with E-state index >= 15 is 0 Å². The van der Waals surface area contributed by atoms with Gasteiger partial charge in [0.25, 0.3) is 0 Å². The van der Waals surface area contributed by atoms with Crippen LogP contribution in [0.25, 0.3) is 0 Å². The molecule has 2 atom stereocenters. The van der Waals surface area contributed by atoms with Gasteiger partial charge >= 0.3 is 0 Å². The molecule has 0 aliphatic carbocycles. The van der Waals surface area contributed by atoms with E-state index in [1.54, 1.807) is 11.3 Å². The van der Waals surface area contributed by atoms with Crippen LogP contribution in [-0.4, -0.2) is 6.54 Å². The van der Waals surface area contributed by atoms with E-state index in [4.69, 9.17) is 4.74 Å². The maximum Gasteiger partial charge on any atom is 0.136 e. The number of fused-ring (bicyclic) bond motifs is 1. The largest absolute Gasteiger partial charge is 0.484 e. The molecule has 3 rings (SSSR count). The zero-order valence-electron chi connectivity index (χ0n) is 11.0. The van der Waals surface area contributed by atoms with Crippen molar-refractivity contribution < 1.29 is 4.74 Å². The summed E-state index contributed by atoms with van der Waals surface area (Å²) in [4.78, 5) is 1.26. The Bertz CT molecular complexity index is 614. The highest BCUT2D eigenvalue weighted by Crippen LogP contribution is 2.44. The van der Waals surface area contributed by atoms with Gasteiger partial charge in [-0.15, -0.1) is 11.3 Å². The first kappa shape index (κ1) is 14.6. The third kappa shape index (κ3) is 2.82. The van der Waals surface area contributed by atoms with E-state index < -0.39 is 0 Å². The third-order valence-electron chi connectivity index (χ3n) is 3.46. The minimum Gasteiger partial charge on any atom is -0.484 e. The van der Waals surface area contributed by atoms with E-state index in [1.807, 2.05) is 0 Å². The first-order valence-corrected chi connectivity index (χ1v) is 9.08. The van der Waals surface area contributed by atoms with Crippen molar-refractivity contribution in [2.24, 2.45) is 0 Å². The molecule has 2 unspecified atom stereocenters. The highest BCUT2D eigenvalue weighted by molar-refractivity contribution is 9.10. The molecule has 1 aromatic heterocycles. The van der Waals surface area contributed by atoms with Gasteiger partial charge in [-0.3, -0.25) is 0 Å². The Morgan fingerprint density at radius 3 is 2.90 bits per heavy atom. The monoisotopic (exact) mass is 415 g/mol. The fourth-order valence-electron chi connectivity index (χ4n) is 2.58. The quantitative estimate of drug-likeness (QED) is 0.718. The summed E-state index contributed by atoms with van der Waals surface area (Å²) >= 11 is 8.88. The van der Waals surface area contributed by atoms with E-state index in [-0.39, 0.29) is 6.10 Å².